The van der Waals surface area contributed by atoms with E-state index in [1.807, 2.05) is 0 Å². The Kier molecular flexibility index (Phi) is 2.16. The highest BCUT2D eigenvalue weighted by atomic mass is 19.4. The van der Waals surface area contributed by atoms with E-state index in [-0.39, 0.29) is 5.69 Å². The Hall–Kier alpha value is -1.33. The zero-order chi connectivity index (χ0) is 9.19. The van der Waals surface area contributed by atoms with E-state index in [9.17, 15) is 18.0 Å². The quantitative estimate of drug-likeness (QED) is 0.639. The van der Waals surface area contributed by atoms with Crippen molar-refractivity contribution in [2.75, 3.05) is 0 Å². The van der Waals surface area contributed by atoms with Gasteiger partial charge in [-0.25, -0.2) is 4.98 Å². The summed E-state index contributed by atoms with van der Waals surface area (Å²) in [5.74, 6) is 0. The summed E-state index contributed by atoms with van der Waals surface area (Å²) >= 11 is 0. The van der Waals surface area contributed by atoms with Crippen LogP contribution in [-0.4, -0.2) is 22.0 Å². The van der Waals surface area contributed by atoms with Gasteiger partial charge in [-0.1, -0.05) is 0 Å². The largest absolute Gasteiger partial charge is 0.406 e. The van der Waals surface area contributed by atoms with E-state index in [1.165, 1.54) is 0 Å². The molecule has 0 unspecified atom stereocenters. The van der Waals surface area contributed by atoms with Crippen LogP contribution in [0.4, 0.5) is 13.2 Å². The highest BCUT2D eigenvalue weighted by Crippen LogP contribution is 2.16. The Bertz CT molecular complexity index is 279. The van der Waals surface area contributed by atoms with Crippen LogP contribution >= 0.6 is 0 Å². The Morgan fingerprint density at radius 2 is 2.25 bits per heavy atom. The molecule has 0 aliphatic rings. The van der Waals surface area contributed by atoms with Crippen LogP contribution in [0.25, 0.3) is 0 Å². The molecule has 12 heavy (non-hydrogen) atoms. The molecular formula is C6H5F3N2O. The summed E-state index contributed by atoms with van der Waals surface area (Å²) in [5.41, 5.74) is -0.000694. The Balaban J connectivity index is 2.70. The number of carbonyl (C=O) groups excluding carboxylic acids is 1. The van der Waals surface area contributed by atoms with E-state index >= 15 is 0 Å². The summed E-state index contributed by atoms with van der Waals surface area (Å²) in [7, 11) is 0. The third-order valence-corrected chi connectivity index (χ3v) is 1.14. The van der Waals surface area contributed by atoms with Gasteiger partial charge < -0.3 is 4.57 Å². The number of alkyl halides is 3. The van der Waals surface area contributed by atoms with Crippen LogP contribution in [-0.2, 0) is 6.54 Å². The van der Waals surface area contributed by atoms with Gasteiger partial charge in [0.25, 0.3) is 0 Å². The Labute approximate surface area is 65.8 Å². The van der Waals surface area contributed by atoms with Gasteiger partial charge in [0.05, 0.1) is 6.33 Å². The summed E-state index contributed by atoms with van der Waals surface area (Å²) in [6.07, 6.45) is -1.87. The molecule has 0 amide bonds. The summed E-state index contributed by atoms with van der Waals surface area (Å²) in [4.78, 5) is 13.4. The molecule has 3 nitrogen and oxygen atoms in total. The molecule has 0 saturated carbocycles. The molecule has 1 aromatic rings. The van der Waals surface area contributed by atoms with Gasteiger partial charge in [-0.3, -0.25) is 4.79 Å². The minimum absolute atomic E-state index is 0.000694. The van der Waals surface area contributed by atoms with Crippen LogP contribution in [0.1, 0.15) is 10.5 Å². The monoisotopic (exact) mass is 178 g/mol. The molecule has 0 spiro atoms. The topological polar surface area (TPSA) is 34.9 Å². The lowest BCUT2D eigenvalue weighted by molar-refractivity contribution is -0.140. The molecule has 0 N–H and O–H groups in total. The molecule has 0 aromatic carbocycles. The molecule has 0 bridgehead atoms. The third kappa shape index (κ3) is 2.37. The number of nitrogens with zero attached hydrogens (tertiary/aromatic N) is 2. The molecule has 1 rings (SSSR count). The Morgan fingerprint density at radius 1 is 1.58 bits per heavy atom. The van der Waals surface area contributed by atoms with Crippen molar-refractivity contribution in [2.24, 2.45) is 0 Å². The second-order valence-corrected chi connectivity index (χ2v) is 2.20. The van der Waals surface area contributed by atoms with Crippen LogP contribution in [0.15, 0.2) is 12.5 Å². The van der Waals surface area contributed by atoms with Gasteiger partial charge in [-0.15, -0.1) is 0 Å². The fraction of sp³-hybridized carbons (Fsp3) is 0.333. The fourth-order valence-corrected chi connectivity index (χ4v) is 0.732. The van der Waals surface area contributed by atoms with Crippen LogP contribution in [0.5, 0.6) is 0 Å². The number of hydrogen-bond donors (Lipinski definition) is 0. The summed E-state index contributed by atoms with van der Waals surface area (Å²) in [5, 5.41) is 0. The zero-order valence-electron chi connectivity index (χ0n) is 5.88. The van der Waals surface area contributed by atoms with Crippen LogP contribution in [0.3, 0.4) is 0 Å². The van der Waals surface area contributed by atoms with Crippen LogP contribution in [0, 0.1) is 0 Å². The van der Waals surface area contributed by atoms with Gasteiger partial charge in [-0.05, 0) is 0 Å². The smallest absolute Gasteiger partial charge is 0.328 e. The number of aldehydes is 1. The second kappa shape index (κ2) is 2.96. The van der Waals surface area contributed by atoms with Gasteiger partial charge in [0, 0.05) is 6.20 Å². The second-order valence-electron chi connectivity index (χ2n) is 2.20. The molecule has 1 aromatic heterocycles. The predicted octanol–water partition coefficient (Wildman–Crippen LogP) is 1.26. The third-order valence-electron chi connectivity index (χ3n) is 1.14. The first-order chi connectivity index (χ1) is 5.51. The number of hydrogen-bond acceptors (Lipinski definition) is 2. The van der Waals surface area contributed by atoms with Gasteiger partial charge in [0.2, 0.25) is 0 Å². The van der Waals surface area contributed by atoms with Crippen molar-refractivity contribution >= 4 is 6.29 Å². The molecule has 0 aliphatic heterocycles. The van der Waals surface area contributed by atoms with Gasteiger partial charge in [0.1, 0.15) is 12.2 Å². The first-order valence-electron chi connectivity index (χ1n) is 3.05. The number of aromatic nitrogens is 2. The van der Waals surface area contributed by atoms with E-state index < -0.39 is 12.7 Å². The molecule has 0 saturated heterocycles. The molecule has 66 valence electrons. The normalized spacial score (nSPS) is 11.6. The summed E-state index contributed by atoms with van der Waals surface area (Å²) in [6.45, 7) is -1.12. The maximum Gasteiger partial charge on any atom is 0.406 e. The number of rotatable bonds is 2. The minimum atomic E-state index is -4.28. The average Bonchev–Trinajstić information content (AvgIpc) is 2.32. The van der Waals surface area contributed by atoms with E-state index in [1.54, 1.807) is 0 Å². The van der Waals surface area contributed by atoms with Gasteiger partial charge in [-0.2, -0.15) is 13.2 Å². The molecule has 0 aliphatic carbocycles. The van der Waals surface area contributed by atoms with Gasteiger partial charge in [0.15, 0.2) is 6.29 Å². The number of carbonyl (C=O) groups is 1. The van der Waals surface area contributed by atoms with E-state index in [0.717, 1.165) is 17.1 Å². The SMILES string of the molecule is O=Cc1cn(CC(F)(F)F)cn1. The van der Waals surface area contributed by atoms with Crippen molar-refractivity contribution in [2.45, 2.75) is 12.7 Å². The summed E-state index contributed by atoms with van der Waals surface area (Å²) in [6, 6.07) is 0. The van der Waals surface area contributed by atoms with Crippen molar-refractivity contribution < 1.29 is 18.0 Å². The number of halogens is 3. The Morgan fingerprint density at radius 3 is 2.67 bits per heavy atom. The first-order valence-corrected chi connectivity index (χ1v) is 3.05. The fourth-order valence-electron chi connectivity index (χ4n) is 0.732. The molecule has 0 fully saturated rings. The van der Waals surface area contributed by atoms with E-state index in [4.69, 9.17) is 0 Å². The van der Waals surface area contributed by atoms with Crippen molar-refractivity contribution in [3.63, 3.8) is 0 Å². The molecule has 1 heterocycles. The average molecular weight is 178 g/mol. The van der Waals surface area contributed by atoms with Crippen molar-refractivity contribution in [1.82, 2.24) is 9.55 Å². The van der Waals surface area contributed by atoms with Crippen LogP contribution in [0.2, 0.25) is 0 Å². The lowest BCUT2D eigenvalue weighted by Crippen LogP contribution is -2.16. The first kappa shape index (κ1) is 8.76. The van der Waals surface area contributed by atoms with Crippen molar-refractivity contribution in [1.29, 1.82) is 0 Å². The maximum atomic E-state index is 11.7. The molecule has 0 radical (unpaired) electrons. The predicted molar refractivity (Wildman–Crippen MR) is 33.7 cm³/mol. The lowest BCUT2D eigenvalue weighted by atomic mass is 10.5. The van der Waals surface area contributed by atoms with Crippen molar-refractivity contribution in [3.8, 4) is 0 Å². The zero-order valence-corrected chi connectivity index (χ0v) is 5.88. The minimum Gasteiger partial charge on any atom is -0.328 e. The highest BCUT2D eigenvalue weighted by molar-refractivity contribution is 5.70. The highest BCUT2D eigenvalue weighted by Gasteiger charge is 2.27. The number of imidazole rings is 1. The maximum absolute atomic E-state index is 11.7. The van der Waals surface area contributed by atoms with E-state index in [2.05, 4.69) is 4.98 Å². The molecule has 6 heteroatoms. The van der Waals surface area contributed by atoms with E-state index in [0.29, 0.717) is 6.29 Å². The standard InChI is InChI=1S/C6H5F3N2O/c7-6(8,9)3-11-1-5(2-12)10-4-11/h1-2,4H,3H2. The lowest BCUT2D eigenvalue weighted by Gasteiger charge is -2.05. The summed E-state index contributed by atoms with van der Waals surface area (Å²) < 4.78 is 36.0. The molecular weight excluding hydrogens is 173 g/mol. The van der Waals surface area contributed by atoms with Crippen molar-refractivity contribution in [3.05, 3.63) is 18.2 Å². The van der Waals surface area contributed by atoms with Gasteiger partial charge >= 0.3 is 6.18 Å². The van der Waals surface area contributed by atoms with Crippen LogP contribution < -0.4 is 0 Å². The molecule has 0 atom stereocenters.